The number of rotatable bonds is 2. The smallest absolute Gasteiger partial charge is 0.224 e. The van der Waals surface area contributed by atoms with Crippen molar-refractivity contribution in [1.82, 2.24) is 9.97 Å². The van der Waals surface area contributed by atoms with Crippen LogP contribution in [0.2, 0.25) is 10.3 Å². The fraction of sp³-hybridized carbons (Fsp3) is 0.0909. The molecule has 0 fully saturated rings. The standard InChI is InChI=1S/C11H9Cl2FN4/c1-5-8(15)10(18-11(13)16-5)17-9-6(12)3-2-4-7(9)14/h2-4H,15H2,1H3,(H,16,17,18). The molecular weight excluding hydrogens is 278 g/mol. The summed E-state index contributed by atoms with van der Waals surface area (Å²) in [5, 5.41) is 2.97. The minimum atomic E-state index is -0.505. The molecule has 0 radical (unpaired) electrons. The first kappa shape index (κ1) is 12.9. The van der Waals surface area contributed by atoms with Gasteiger partial charge < -0.3 is 11.1 Å². The fourth-order valence-electron chi connectivity index (χ4n) is 1.38. The van der Waals surface area contributed by atoms with Crippen LogP contribution in [0.3, 0.4) is 0 Å². The average Bonchev–Trinajstić information content (AvgIpc) is 2.30. The minimum absolute atomic E-state index is 0.0247. The summed E-state index contributed by atoms with van der Waals surface area (Å²) in [4.78, 5) is 7.79. The van der Waals surface area contributed by atoms with Gasteiger partial charge in [-0.25, -0.2) is 9.37 Å². The van der Waals surface area contributed by atoms with Crippen molar-refractivity contribution in [3.8, 4) is 0 Å². The Bertz CT molecular complexity index is 584. The molecule has 0 unspecified atom stereocenters. The number of nitrogens with one attached hydrogen (secondary N) is 1. The summed E-state index contributed by atoms with van der Waals surface area (Å²) in [5.41, 5.74) is 6.68. The molecule has 1 heterocycles. The highest BCUT2D eigenvalue weighted by molar-refractivity contribution is 6.33. The van der Waals surface area contributed by atoms with Crippen LogP contribution in [-0.2, 0) is 0 Å². The molecule has 3 N–H and O–H groups in total. The van der Waals surface area contributed by atoms with Crippen molar-refractivity contribution in [3.05, 3.63) is 40.0 Å². The van der Waals surface area contributed by atoms with E-state index >= 15 is 0 Å². The summed E-state index contributed by atoms with van der Waals surface area (Å²) in [5.74, 6) is -0.284. The second-order valence-electron chi connectivity index (χ2n) is 3.56. The lowest BCUT2D eigenvalue weighted by Gasteiger charge is -2.11. The quantitative estimate of drug-likeness (QED) is 0.829. The lowest BCUT2D eigenvalue weighted by Crippen LogP contribution is -2.05. The van der Waals surface area contributed by atoms with Crippen LogP contribution < -0.4 is 11.1 Å². The zero-order valence-electron chi connectivity index (χ0n) is 9.34. The number of benzene rings is 1. The lowest BCUT2D eigenvalue weighted by molar-refractivity contribution is 0.632. The van der Waals surface area contributed by atoms with E-state index in [4.69, 9.17) is 28.9 Å². The highest BCUT2D eigenvalue weighted by atomic mass is 35.5. The molecule has 0 spiro atoms. The molecule has 1 aromatic heterocycles. The van der Waals surface area contributed by atoms with Gasteiger partial charge in [0.1, 0.15) is 5.82 Å². The van der Waals surface area contributed by atoms with Crippen LogP contribution in [0.4, 0.5) is 21.6 Å². The number of aromatic nitrogens is 2. The molecule has 18 heavy (non-hydrogen) atoms. The third kappa shape index (κ3) is 2.47. The van der Waals surface area contributed by atoms with E-state index in [2.05, 4.69) is 15.3 Å². The Labute approximate surface area is 113 Å². The lowest BCUT2D eigenvalue weighted by atomic mass is 10.3. The Morgan fingerprint density at radius 3 is 2.67 bits per heavy atom. The first-order valence-corrected chi connectivity index (χ1v) is 5.75. The Morgan fingerprint density at radius 2 is 2.00 bits per heavy atom. The van der Waals surface area contributed by atoms with Crippen molar-refractivity contribution in [2.24, 2.45) is 0 Å². The summed E-state index contributed by atoms with van der Waals surface area (Å²) >= 11 is 11.6. The van der Waals surface area contributed by atoms with E-state index in [1.54, 1.807) is 13.0 Å². The van der Waals surface area contributed by atoms with Gasteiger partial charge in [-0.2, -0.15) is 4.98 Å². The Balaban J connectivity index is 2.46. The molecule has 0 saturated carbocycles. The van der Waals surface area contributed by atoms with Gasteiger partial charge in [-0.15, -0.1) is 0 Å². The molecule has 0 saturated heterocycles. The molecule has 4 nitrogen and oxygen atoms in total. The van der Waals surface area contributed by atoms with E-state index in [0.29, 0.717) is 11.4 Å². The van der Waals surface area contributed by atoms with Crippen LogP contribution >= 0.6 is 23.2 Å². The van der Waals surface area contributed by atoms with Gasteiger partial charge in [0, 0.05) is 0 Å². The van der Waals surface area contributed by atoms with Crippen LogP contribution in [0.15, 0.2) is 18.2 Å². The summed E-state index contributed by atoms with van der Waals surface area (Å²) in [6.07, 6.45) is 0. The molecule has 2 aromatic rings. The molecular formula is C11H9Cl2FN4. The van der Waals surface area contributed by atoms with E-state index in [0.717, 1.165) is 0 Å². The van der Waals surface area contributed by atoms with Gasteiger partial charge in [-0.1, -0.05) is 17.7 Å². The van der Waals surface area contributed by atoms with Crippen molar-refractivity contribution in [3.63, 3.8) is 0 Å². The van der Waals surface area contributed by atoms with Gasteiger partial charge in [-0.05, 0) is 30.7 Å². The summed E-state index contributed by atoms with van der Waals surface area (Å²) in [6.45, 7) is 1.68. The second-order valence-corrected chi connectivity index (χ2v) is 4.31. The van der Waals surface area contributed by atoms with Gasteiger partial charge >= 0.3 is 0 Å². The van der Waals surface area contributed by atoms with E-state index < -0.39 is 5.82 Å². The van der Waals surface area contributed by atoms with Crippen LogP contribution in [0, 0.1) is 12.7 Å². The predicted molar refractivity (Wildman–Crippen MR) is 70.9 cm³/mol. The van der Waals surface area contributed by atoms with Gasteiger partial charge in [0.25, 0.3) is 0 Å². The Kier molecular flexibility index (Phi) is 3.54. The highest BCUT2D eigenvalue weighted by Crippen LogP contribution is 2.30. The fourth-order valence-corrected chi connectivity index (χ4v) is 1.80. The van der Waals surface area contributed by atoms with Gasteiger partial charge in [-0.3, -0.25) is 0 Å². The largest absolute Gasteiger partial charge is 0.394 e. The molecule has 0 aliphatic heterocycles. The van der Waals surface area contributed by atoms with Crippen molar-refractivity contribution < 1.29 is 4.39 Å². The molecule has 7 heteroatoms. The Morgan fingerprint density at radius 1 is 1.28 bits per heavy atom. The van der Waals surface area contributed by atoms with E-state index in [1.807, 2.05) is 0 Å². The molecule has 2 rings (SSSR count). The van der Waals surface area contributed by atoms with Crippen LogP contribution in [0.25, 0.3) is 0 Å². The van der Waals surface area contributed by atoms with Crippen molar-refractivity contribution in [2.45, 2.75) is 6.92 Å². The van der Waals surface area contributed by atoms with Crippen molar-refractivity contribution >= 4 is 40.4 Å². The average molecular weight is 287 g/mol. The summed E-state index contributed by atoms with van der Waals surface area (Å²) in [7, 11) is 0. The topological polar surface area (TPSA) is 63.8 Å². The number of nitrogens with zero attached hydrogens (tertiary/aromatic N) is 2. The normalized spacial score (nSPS) is 10.4. The SMILES string of the molecule is Cc1nc(Cl)nc(Nc2c(F)cccc2Cl)c1N. The summed E-state index contributed by atoms with van der Waals surface area (Å²) < 4.78 is 13.6. The van der Waals surface area contributed by atoms with Crippen LogP contribution in [-0.4, -0.2) is 9.97 Å². The van der Waals surface area contributed by atoms with Crippen LogP contribution in [0.5, 0.6) is 0 Å². The highest BCUT2D eigenvalue weighted by Gasteiger charge is 2.12. The molecule has 0 atom stereocenters. The second kappa shape index (κ2) is 4.96. The molecule has 0 amide bonds. The maximum Gasteiger partial charge on any atom is 0.224 e. The zero-order chi connectivity index (χ0) is 13.3. The third-order valence-electron chi connectivity index (χ3n) is 2.32. The summed E-state index contributed by atoms with van der Waals surface area (Å²) in [6, 6.07) is 4.34. The van der Waals surface area contributed by atoms with Gasteiger partial charge in [0.05, 0.1) is 22.1 Å². The van der Waals surface area contributed by atoms with E-state index in [-0.39, 0.29) is 21.8 Å². The first-order chi connectivity index (χ1) is 8.49. The number of aryl methyl sites for hydroxylation is 1. The predicted octanol–water partition coefficient (Wildman–Crippen LogP) is 3.56. The van der Waals surface area contributed by atoms with Gasteiger partial charge in [0.15, 0.2) is 5.82 Å². The van der Waals surface area contributed by atoms with Crippen molar-refractivity contribution in [1.29, 1.82) is 0 Å². The van der Waals surface area contributed by atoms with Gasteiger partial charge in [0.2, 0.25) is 5.28 Å². The molecule has 0 aliphatic rings. The molecule has 0 bridgehead atoms. The number of para-hydroxylation sites is 1. The maximum atomic E-state index is 13.6. The zero-order valence-corrected chi connectivity index (χ0v) is 10.8. The van der Waals surface area contributed by atoms with E-state index in [9.17, 15) is 4.39 Å². The molecule has 1 aromatic carbocycles. The van der Waals surface area contributed by atoms with Crippen LogP contribution in [0.1, 0.15) is 5.69 Å². The Hall–Kier alpha value is -1.59. The minimum Gasteiger partial charge on any atom is -0.394 e. The number of nitrogens with two attached hydrogens (primary N) is 1. The third-order valence-corrected chi connectivity index (χ3v) is 2.80. The number of hydrogen-bond acceptors (Lipinski definition) is 4. The number of nitrogen functional groups attached to an aromatic ring is 1. The van der Waals surface area contributed by atoms with Crippen molar-refractivity contribution in [2.75, 3.05) is 11.1 Å². The van der Waals surface area contributed by atoms with E-state index in [1.165, 1.54) is 12.1 Å². The number of halogens is 3. The number of anilines is 3. The number of hydrogen-bond donors (Lipinski definition) is 2. The molecule has 0 aliphatic carbocycles. The monoisotopic (exact) mass is 286 g/mol. The maximum absolute atomic E-state index is 13.6. The molecule has 94 valence electrons. The first-order valence-electron chi connectivity index (χ1n) is 4.99.